The summed E-state index contributed by atoms with van der Waals surface area (Å²) < 4.78 is 11.3. The van der Waals surface area contributed by atoms with Gasteiger partial charge in [0.2, 0.25) is 0 Å². The summed E-state index contributed by atoms with van der Waals surface area (Å²) in [6.45, 7) is 4.35. The molecule has 2 aliphatic heterocycles. The van der Waals surface area contributed by atoms with E-state index in [1.54, 1.807) is 0 Å². The normalized spacial score (nSPS) is 37.1. The van der Waals surface area contributed by atoms with Crippen LogP contribution in [0.25, 0.3) is 0 Å². The molecular formula is C15H18O3. The number of fused-ring (bicyclic) bond motifs is 1. The summed E-state index contributed by atoms with van der Waals surface area (Å²) in [7, 11) is 0. The number of ether oxygens (including phenoxy) is 2. The fraction of sp³-hybridized carbons (Fsp3) is 0.533. The summed E-state index contributed by atoms with van der Waals surface area (Å²) in [4.78, 5) is 12.2. The first-order valence-corrected chi connectivity index (χ1v) is 6.50. The molecule has 2 bridgehead atoms. The maximum Gasteiger partial charge on any atom is 0.315 e. The van der Waals surface area contributed by atoms with Crippen LogP contribution in [0.5, 0.6) is 0 Å². The molecule has 1 aliphatic carbocycles. The molecule has 4 rings (SSSR count). The Morgan fingerprint density at radius 1 is 1.39 bits per heavy atom. The Labute approximate surface area is 107 Å². The molecule has 1 aromatic rings. The highest BCUT2D eigenvalue weighted by Gasteiger charge is 2.70. The average molecular weight is 246 g/mol. The second kappa shape index (κ2) is 3.82. The minimum atomic E-state index is -0.452. The fourth-order valence-electron chi connectivity index (χ4n) is 3.49. The summed E-state index contributed by atoms with van der Waals surface area (Å²) in [5.74, 6) is -0.103. The van der Waals surface area contributed by atoms with Gasteiger partial charge < -0.3 is 9.47 Å². The second-order valence-electron chi connectivity index (χ2n) is 5.59. The second-order valence-corrected chi connectivity index (χ2v) is 5.59. The Morgan fingerprint density at radius 2 is 2.06 bits per heavy atom. The fourth-order valence-corrected chi connectivity index (χ4v) is 3.49. The molecule has 0 amide bonds. The van der Waals surface area contributed by atoms with Crippen LogP contribution in [0.1, 0.15) is 38.4 Å². The molecule has 0 aromatic heterocycles. The third kappa shape index (κ3) is 1.50. The van der Waals surface area contributed by atoms with E-state index in [1.165, 1.54) is 0 Å². The van der Waals surface area contributed by atoms with Crippen LogP contribution in [0, 0.1) is 5.41 Å². The maximum atomic E-state index is 12.2. The topological polar surface area (TPSA) is 35.5 Å². The summed E-state index contributed by atoms with van der Waals surface area (Å²) in [6.07, 6.45) is 1.40. The van der Waals surface area contributed by atoms with E-state index in [0.717, 1.165) is 18.4 Å². The van der Waals surface area contributed by atoms with Crippen LogP contribution in [-0.2, 0) is 14.3 Å². The van der Waals surface area contributed by atoms with Gasteiger partial charge >= 0.3 is 5.97 Å². The Bertz CT molecular complexity index is 460. The maximum absolute atomic E-state index is 12.2. The van der Waals surface area contributed by atoms with Gasteiger partial charge in [-0.25, -0.2) is 0 Å². The van der Waals surface area contributed by atoms with Gasteiger partial charge in [-0.05, 0) is 32.3 Å². The van der Waals surface area contributed by atoms with E-state index >= 15 is 0 Å². The van der Waals surface area contributed by atoms with Crippen molar-refractivity contribution >= 4 is 5.97 Å². The van der Waals surface area contributed by atoms with E-state index in [0.29, 0.717) is 6.61 Å². The van der Waals surface area contributed by atoms with E-state index in [4.69, 9.17) is 9.47 Å². The summed E-state index contributed by atoms with van der Waals surface area (Å²) in [5, 5.41) is 0. The van der Waals surface area contributed by atoms with Crippen LogP contribution >= 0.6 is 0 Å². The number of carbonyl (C=O) groups excluding carboxylic acids is 1. The molecule has 2 saturated heterocycles. The van der Waals surface area contributed by atoms with E-state index in [-0.39, 0.29) is 17.7 Å². The number of carbonyl (C=O) groups is 1. The largest absolute Gasteiger partial charge is 0.465 e. The first-order valence-electron chi connectivity index (χ1n) is 6.50. The molecule has 3 nitrogen and oxygen atoms in total. The van der Waals surface area contributed by atoms with Gasteiger partial charge in [0, 0.05) is 0 Å². The van der Waals surface area contributed by atoms with Crippen LogP contribution in [0.15, 0.2) is 30.3 Å². The Balaban J connectivity index is 1.93. The quantitative estimate of drug-likeness (QED) is 0.769. The van der Waals surface area contributed by atoms with E-state index < -0.39 is 5.41 Å². The predicted octanol–water partition coefficient (Wildman–Crippen LogP) is 2.86. The number of benzene rings is 1. The first kappa shape index (κ1) is 11.7. The lowest BCUT2D eigenvalue weighted by molar-refractivity contribution is -0.161. The zero-order valence-corrected chi connectivity index (χ0v) is 10.8. The molecule has 1 saturated carbocycles. The van der Waals surface area contributed by atoms with Crippen LogP contribution in [0.3, 0.4) is 0 Å². The van der Waals surface area contributed by atoms with Gasteiger partial charge in [0.05, 0.1) is 18.3 Å². The highest BCUT2D eigenvalue weighted by atomic mass is 16.6. The molecule has 2 heterocycles. The van der Waals surface area contributed by atoms with Crippen molar-refractivity contribution in [3.63, 3.8) is 0 Å². The third-order valence-electron chi connectivity index (χ3n) is 4.07. The lowest BCUT2D eigenvalue weighted by Gasteiger charge is -2.41. The highest BCUT2D eigenvalue weighted by molar-refractivity contribution is 5.80. The van der Waals surface area contributed by atoms with Gasteiger partial charge in [-0.3, -0.25) is 4.79 Å². The van der Waals surface area contributed by atoms with Crippen LogP contribution in [0.4, 0.5) is 0 Å². The van der Waals surface area contributed by atoms with E-state index in [2.05, 4.69) is 6.92 Å². The summed E-state index contributed by atoms with van der Waals surface area (Å²) in [6, 6.07) is 9.98. The summed E-state index contributed by atoms with van der Waals surface area (Å²) >= 11 is 0. The molecular weight excluding hydrogens is 228 g/mol. The summed E-state index contributed by atoms with van der Waals surface area (Å²) in [5.41, 5.74) is 0.478. The minimum absolute atomic E-state index is 0.103. The number of esters is 1. The van der Waals surface area contributed by atoms with Gasteiger partial charge in [-0.1, -0.05) is 30.3 Å². The smallest absolute Gasteiger partial charge is 0.315 e. The Hall–Kier alpha value is -1.35. The average Bonchev–Trinajstić information content (AvgIpc) is 2.80. The zero-order chi connectivity index (χ0) is 12.8. The molecule has 96 valence electrons. The zero-order valence-electron chi connectivity index (χ0n) is 10.8. The number of rotatable bonds is 3. The molecule has 3 heteroatoms. The molecule has 18 heavy (non-hydrogen) atoms. The van der Waals surface area contributed by atoms with Crippen molar-refractivity contribution in [3.8, 4) is 0 Å². The van der Waals surface area contributed by atoms with Gasteiger partial charge in [-0.2, -0.15) is 0 Å². The van der Waals surface area contributed by atoms with Crippen molar-refractivity contribution in [1.29, 1.82) is 0 Å². The Morgan fingerprint density at radius 3 is 2.67 bits per heavy atom. The van der Waals surface area contributed by atoms with Crippen molar-refractivity contribution < 1.29 is 14.3 Å². The van der Waals surface area contributed by atoms with E-state index in [1.807, 2.05) is 37.3 Å². The number of hydrogen-bond acceptors (Lipinski definition) is 3. The highest BCUT2D eigenvalue weighted by Crippen LogP contribution is 2.67. The Kier molecular flexibility index (Phi) is 2.49. The lowest BCUT2D eigenvalue weighted by atomic mass is 9.60. The van der Waals surface area contributed by atoms with Crippen LogP contribution in [0.2, 0.25) is 0 Å². The van der Waals surface area contributed by atoms with Crippen molar-refractivity contribution in [2.45, 2.75) is 38.4 Å². The van der Waals surface area contributed by atoms with Crippen molar-refractivity contribution in [2.75, 3.05) is 6.61 Å². The van der Waals surface area contributed by atoms with Gasteiger partial charge in [0.15, 0.2) is 0 Å². The predicted molar refractivity (Wildman–Crippen MR) is 67.0 cm³/mol. The monoisotopic (exact) mass is 246 g/mol. The van der Waals surface area contributed by atoms with Crippen LogP contribution < -0.4 is 0 Å². The minimum Gasteiger partial charge on any atom is -0.465 e. The molecule has 3 aliphatic rings. The van der Waals surface area contributed by atoms with Crippen LogP contribution in [-0.4, -0.2) is 18.2 Å². The molecule has 1 unspecified atom stereocenters. The lowest BCUT2D eigenvalue weighted by Crippen LogP contribution is -2.48. The first-order chi connectivity index (χ1) is 8.60. The van der Waals surface area contributed by atoms with Crippen molar-refractivity contribution in [3.05, 3.63) is 35.9 Å². The number of hydrogen-bond donors (Lipinski definition) is 0. The molecule has 3 fully saturated rings. The molecule has 0 radical (unpaired) electrons. The van der Waals surface area contributed by atoms with Crippen molar-refractivity contribution in [1.82, 2.24) is 0 Å². The van der Waals surface area contributed by atoms with Gasteiger partial charge in [0.1, 0.15) is 5.41 Å². The SMILES string of the molecule is CCOC(=O)C12CC(C)(C1)OC2c1ccccc1. The molecule has 1 atom stereocenters. The van der Waals surface area contributed by atoms with E-state index in [9.17, 15) is 4.79 Å². The molecule has 1 aromatic carbocycles. The van der Waals surface area contributed by atoms with Gasteiger partial charge in [-0.15, -0.1) is 0 Å². The molecule has 0 spiro atoms. The standard InChI is InChI=1S/C15H18O3/c1-3-17-13(16)15-9-14(2,10-15)18-12(15)11-7-5-4-6-8-11/h4-8,12H,3,9-10H2,1-2H3. The van der Waals surface area contributed by atoms with Crippen molar-refractivity contribution in [2.24, 2.45) is 5.41 Å². The van der Waals surface area contributed by atoms with Gasteiger partial charge in [0.25, 0.3) is 0 Å². The molecule has 0 N–H and O–H groups in total. The third-order valence-corrected chi connectivity index (χ3v) is 4.07.